The van der Waals surface area contributed by atoms with Gasteiger partial charge in [0.1, 0.15) is 5.82 Å². The molecule has 0 spiro atoms. The van der Waals surface area contributed by atoms with Gasteiger partial charge in [0.05, 0.1) is 10.4 Å². The average molecular weight is 450 g/mol. The molecule has 1 aliphatic rings. The van der Waals surface area contributed by atoms with Crippen molar-refractivity contribution < 1.29 is 27.2 Å². The first-order valence-electron chi connectivity index (χ1n) is 9.60. The maximum Gasteiger partial charge on any atom is 0.416 e. The lowest BCUT2D eigenvalue weighted by Crippen LogP contribution is -2.50. The summed E-state index contributed by atoms with van der Waals surface area (Å²) in [6.45, 7) is 2.84. The van der Waals surface area contributed by atoms with Crippen molar-refractivity contribution in [2.45, 2.75) is 13.1 Å². The van der Waals surface area contributed by atoms with Crippen LogP contribution in [0.4, 0.5) is 17.6 Å². The highest BCUT2D eigenvalue weighted by Gasteiger charge is 2.31. The molecule has 0 unspecified atom stereocenters. The van der Waals surface area contributed by atoms with Crippen LogP contribution in [-0.2, 0) is 6.18 Å². The summed E-state index contributed by atoms with van der Waals surface area (Å²) in [7, 11) is 0. The number of alkyl halides is 3. The lowest BCUT2D eigenvalue weighted by atomic mass is 10.1. The molecule has 1 saturated heterocycles. The summed E-state index contributed by atoms with van der Waals surface area (Å²) in [6.07, 6.45) is -4.46. The number of carbonyl (C=O) groups is 2. The standard InChI is InChI=1S/C22H18F4N2O2S/c1-13-18-16(23)3-2-4-17(18)31-19(13)21(30)28-11-9-27(10-12-28)20(29)14-5-7-15(8-6-14)22(24,25)26/h2-8H,9-12H2,1H3. The number of thiophene rings is 1. The van der Waals surface area contributed by atoms with Gasteiger partial charge in [-0.1, -0.05) is 6.07 Å². The van der Waals surface area contributed by atoms with E-state index in [1.807, 2.05) is 0 Å². The van der Waals surface area contributed by atoms with Gasteiger partial charge in [0, 0.05) is 41.8 Å². The number of nitrogens with zero attached hydrogens (tertiary/aromatic N) is 2. The predicted octanol–water partition coefficient (Wildman–Crippen LogP) is 4.97. The van der Waals surface area contributed by atoms with Gasteiger partial charge in [0.25, 0.3) is 11.8 Å². The molecule has 0 bridgehead atoms. The highest BCUT2D eigenvalue weighted by molar-refractivity contribution is 7.21. The Morgan fingerprint density at radius 3 is 2.03 bits per heavy atom. The Kier molecular flexibility index (Phi) is 5.47. The van der Waals surface area contributed by atoms with Crippen LogP contribution in [0, 0.1) is 12.7 Å². The van der Waals surface area contributed by atoms with Gasteiger partial charge in [-0.15, -0.1) is 11.3 Å². The Hall–Kier alpha value is -2.94. The van der Waals surface area contributed by atoms with Crippen LogP contribution in [-0.4, -0.2) is 47.8 Å². The topological polar surface area (TPSA) is 40.6 Å². The van der Waals surface area contributed by atoms with E-state index in [4.69, 9.17) is 0 Å². The lowest BCUT2D eigenvalue weighted by molar-refractivity contribution is -0.137. The molecule has 4 rings (SSSR count). The predicted molar refractivity (Wildman–Crippen MR) is 110 cm³/mol. The number of amides is 2. The minimum absolute atomic E-state index is 0.170. The van der Waals surface area contributed by atoms with Crippen LogP contribution < -0.4 is 0 Å². The summed E-state index contributed by atoms with van der Waals surface area (Å²) in [5.74, 6) is -0.946. The van der Waals surface area contributed by atoms with E-state index in [-0.39, 0.29) is 36.3 Å². The summed E-state index contributed by atoms with van der Waals surface area (Å²) in [5.41, 5.74) is -0.0374. The molecule has 3 aromatic rings. The van der Waals surface area contributed by atoms with Gasteiger partial charge in [-0.05, 0) is 48.9 Å². The van der Waals surface area contributed by atoms with Crippen LogP contribution in [0.1, 0.15) is 31.2 Å². The zero-order chi connectivity index (χ0) is 22.3. The maximum absolute atomic E-state index is 14.1. The zero-order valence-corrected chi connectivity index (χ0v) is 17.3. The Morgan fingerprint density at radius 2 is 1.48 bits per heavy atom. The van der Waals surface area contributed by atoms with Crippen LogP contribution in [0.5, 0.6) is 0 Å². The van der Waals surface area contributed by atoms with E-state index in [2.05, 4.69) is 0 Å². The van der Waals surface area contributed by atoms with Crippen molar-refractivity contribution >= 4 is 33.2 Å². The van der Waals surface area contributed by atoms with Crippen molar-refractivity contribution in [2.75, 3.05) is 26.2 Å². The number of piperazine rings is 1. The SMILES string of the molecule is Cc1c(C(=O)N2CCN(C(=O)c3ccc(C(F)(F)F)cc3)CC2)sc2cccc(F)c12. The normalized spacial score (nSPS) is 14.9. The fraction of sp³-hybridized carbons (Fsp3) is 0.273. The van der Waals surface area contributed by atoms with Crippen molar-refractivity contribution in [3.8, 4) is 0 Å². The molecule has 4 nitrogen and oxygen atoms in total. The second-order valence-electron chi connectivity index (χ2n) is 7.33. The molecule has 31 heavy (non-hydrogen) atoms. The Balaban J connectivity index is 1.44. The minimum atomic E-state index is -4.46. The van der Waals surface area contributed by atoms with E-state index in [0.29, 0.717) is 33.6 Å². The van der Waals surface area contributed by atoms with E-state index >= 15 is 0 Å². The number of fused-ring (bicyclic) bond motifs is 1. The van der Waals surface area contributed by atoms with Crippen molar-refractivity contribution in [1.82, 2.24) is 9.80 Å². The Morgan fingerprint density at radius 1 is 0.903 bits per heavy atom. The van der Waals surface area contributed by atoms with Gasteiger partial charge < -0.3 is 9.80 Å². The molecule has 2 aromatic carbocycles. The molecule has 2 amide bonds. The van der Waals surface area contributed by atoms with E-state index in [9.17, 15) is 27.2 Å². The number of halogens is 4. The fourth-order valence-electron chi connectivity index (χ4n) is 3.70. The lowest BCUT2D eigenvalue weighted by Gasteiger charge is -2.34. The third-order valence-corrected chi connectivity index (χ3v) is 6.66. The largest absolute Gasteiger partial charge is 0.416 e. The molecular formula is C22H18F4N2O2S. The monoisotopic (exact) mass is 450 g/mol. The molecule has 0 N–H and O–H groups in total. The molecule has 0 atom stereocenters. The Labute approximate surface area is 179 Å². The van der Waals surface area contributed by atoms with Crippen molar-refractivity contribution in [1.29, 1.82) is 0 Å². The summed E-state index contributed by atoms with van der Waals surface area (Å²) >= 11 is 1.24. The van der Waals surface area contributed by atoms with Crippen molar-refractivity contribution in [3.05, 3.63) is 69.8 Å². The van der Waals surface area contributed by atoms with Crippen LogP contribution in [0.2, 0.25) is 0 Å². The molecule has 1 aromatic heterocycles. The van der Waals surface area contributed by atoms with E-state index in [1.54, 1.807) is 24.0 Å². The first-order valence-corrected chi connectivity index (χ1v) is 10.4. The molecule has 2 heterocycles. The number of aryl methyl sites for hydroxylation is 1. The quantitative estimate of drug-likeness (QED) is 0.518. The summed E-state index contributed by atoms with van der Waals surface area (Å²) < 4.78 is 52.9. The molecule has 1 aliphatic heterocycles. The highest BCUT2D eigenvalue weighted by Crippen LogP contribution is 2.33. The Bertz CT molecular complexity index is 1150. The van der Waals surface area contributed by atoms with Gasteiger partial charge >= 0.3 is 6.18 Å². The van der Waals surface area contributed by atoms with Gasteiger partial charge in [0.15, 0.2) is 0 Å². The third kappa shape index (κ3) is 4.01. The van der Waals surface area contributed by atoms with Crippen molar-refractivity contribution in [3.63, 3.8) is 0 Å². The van der Waals surface area contributed by atoms with Gasteiger partial charge in [-0.25, -0.2) is 4.39 Å². The maximum atomic E-state index is 14.1. The zero-order valence-electron chi connectivity index (χ0n) is 16.5. The minimum Gasteiger partial charge on any atom is -0.335 e. The van der Waals surface area contributed by atoms with E-state index in [1.165, 1.54) is 22.3 Å². The second-order valence-corrected chi connectivity index (χ2v) is 8.38. The summed E-state index contributed by atoms with van der Waals surface area (Å²) in [6, 6.07) is 8.84. The molecule has 0 aliphatic carbocycles. The molecule has 162 valence electrons. The van der Waals surface area contributed by atoms with E-state index < -0.39 is 11.7 Å². The molecule has 1 fully saturated rings. The van der Waals surface area contributed by atoms with Crippen LogP contribution in [0.15, 0.2) is 42.5 Å². The smallest absolute Gasteiger partial charge is 0.335 e. The molecule has 0 saturated carbocycles. The summed E-state index contributed by atoms with van der Waals surface area (Å²) in [5, 5.41) is 0.451. The van der Waals surface area contributed by atoms with Gasteiger partial charge in [-0.3, -0.25) is 9.59 Å². The van der Waals surface area contributed by atoms with E-state index in [0.717, 1.165) is 24.3 Å². The number of hydrogen-bond acceptors (Lipinski definition) is 3. The second kappa shape index (κ2) is 7.96. The first kappa shape index (κ1) is 21.3. The average Bonchev–Trinajstić information content (AvgIpc) is 3.10. The number of benzene rings is 2. The van der Waals surface area contributed by atoms with Crippen LogP contribution in [0.25, 0.3) is 10.1 Å². The first-order chi connectivity index (χ1) is 14.7. The van der Waals surface area contributed by atoms with Crippen LogP contribution in [0.3, 0.4) is 0 Å². The fourth-order valence-corrected chi connectivity index (χ4v) is 4.89. The van der Waals surface area contributed by atoms with Crippen molar-refractivity contribution in [2.24, 2.45) is 0 Å². The highest BCUT2D eigenvalue weighted by atomic mass is 32.1. The number of rotatable bonds is 2. The van der Waals surface area contributed by atoms with Gasteiger partial charge in [0.2, 0.25) is 0 Å². The number of carbonyl (C=O) groups excluding carboxylic acids is 2. The summed E-state index contributed by atoms with van der Waals surface area (Å²) in [4.78, 5) is 29.2. The van der Waals surface area contributed by atoms with Crippen LogP contribution >= 0.6 is 11.3 Å². The molecular weight excluding hydrogens is 432 g/mol. The third-order valence-electron chi connectivity index (χ3n) is 5.41. The number of hydrogen-bond donors (Lipinski definition) is 0. The molecule has 0 radical (unpaired) electrons. The van der Waals surface area contributed by atoms with Gasteiger partial charge in [-0.2, -0.15) is 13.2 Å². The molecule has 9 heteroatoms.